The van der Waals surface area contributed by atoms with Crippen LogP contribution in [-0.2, 0) is 6.42 Å². The summed E-state index contributed by atoms with van der Waals surface area (Å²) in [6, 6.07) is 12.3. The molecule has 126 valence electrons. The number of para-hydroxylation sites is 1. The van der Waals surface area contributed by atoms with Gasteiger partial charge in [-0.05, 0) is 51.2 Å². The molecule has 5 nitrogen and oxygen atoms in total. The summed E-state index contributed by atoms with van der Waals surface area (Å²) in [6.07, 6.45) is 2.72. The normalized spacial score (nSPS) is 16.3. The van der Waals surface area contributed by atoms with E-state index < -0.39 is 0 Å². The Balaban J connectivity index is 1.88. The molecular weight excluding hydrogens is 300 g/mol. The Hall–Kier alpha value is -2.40. The lowest BCUT2D eigenvalue weighted by Gasteiger charge is -2.25. The molecule has 0 spiro atoms. The second kappa shape index (κ2) is 7.01. The number of nitrogens with zero attached hydrogens (tertiary/aromatic N) is 3. The van der Waals surface area contributed by atoms with Gasteiger partial charge in [-0.2, -0.15) is 0 Å². The maximum Gasteiger partial charge on any atom is 0.255 e. The minimum absolute atomic E-state index is 0.0727. The van der Waals surface area contributed by atoms with Crippen LogP contribution in [0.3, 0.4) is 0 Å². The van der Waals surface area contributed by atoms with Crippen molar-refractivity contribution in [3.63, 3.8) is 0 Å². The Kier molecular flexibility index (Phi) is 4.81. The number of anilines is 2. The first-order valence-electron chi connectivity index (χ1n) is 8.33. The second-order valence-corrected chi connectivity index (χ2v) is 6.49. The highest BCUT2D eigenvalue weighted by Crippen LogP contribution is 2.38. The van der Waals surface area contributed by atoms with Crippen LogP contribution >= 0.6 is 0 Å². The summed E-state index contributed by atoms with van der Waals surface area (Å²) in [5.74, 6) is 0.661. The van der Waals surface area contributed by atoms with Crippen molar-refractivity contribution in [2.45, 2.75) is 19.4 Å². The van der Waals surface area contributed by atoms with Gasteiger partial charge in [-0.3, -0.25) is 4.79 Å². The largest absolute Gasteiger partial charge is 0.351 e. The average Bonchev–Trinajstić information content (AvgIpc) is 2.90. The van der Waals surface area contributed by atoms with Crippen molar-refractivity contribution in [2.75, 3.05) is 32.1 Å². The van der Waals surface area contributed by atoms with E-state index in [1.165, 1.54) is 5.56 Å². The second-order valence-electron chi connectivity index (χ2n) is 6.49. The molecular formula is C19H24N4O. The molecule has 5 heteroatoms. The Bertz CT molecular complexity index is 729. The van der Waals surface area contributed by atoms with Gasteiger partial charge in [-0.15, -0.1) is 0 Å². The summed E-state index contributed by atoms with van der Waals surface area (Å²) < 4.78 is 0. The number of hydrogen-bond acceptors (Lipinski definition) is 4. The number of fused-ring (bicyclic) bond motifs is 1. The Morgan fingerprint density at radius 2 is 2.08 bits per heavy atom. The highest BCUT2D eigenvalue weighted by atomic mass is 16.1. The Morgan fingerprint density at radius 3 is 2.88 bits per heavy atom. The summed E-state index contributed by atoms with van der Waals surface area (Å²) in [7, 11) is 3.98. The Labute approximate surface area is 143 Å². The quantitative estimate of drug-likeness (QED) is 0.918. The third kappa shape index (κ3) is 3.26. The van der Waals surface area contributed by atoms with Gasteiger partial charge in [-0.1, -0.05) is 18.2 Å². The van der Waals surface area contributed by atoms with Crippen LogP contribution in [0.2, 0.25) is 0 Å². The van der Waals surface area contributed by atoms with Crippen molar-refractivity contribution in [1.29, 1.82) is 0 Å². The number of likely N-dealkylation sites (N-methyl/N-ethyl adjacent to an activating group) is 1. The fourth-order valence-electron chi connectivity index (χ4n) is 3.14. The van der Waals surface area contributed by atoms with Crippen molar-refractivity contribution in [1.82, 2.24) is 15.2 Å². The van der Waals surface area contributed by atoms with E-state index in [1.54, 1.807) is 6.20 Å². The van der Waals surface area contributed by atoms with E-state index in [0.717, 1.165) is 24.5 Å². The number of nitrogens with one attached hydrogen (secondary N) is 1. The van der Waals surface area contributed by atoms with Gasteiger partial charge in [0.2, 0.25) is 0 Å². The molecule has 0 aliphatic carbocycles. The van der Waals surface area contributed by atoms with Crippen LogP contribution in [0.1, 0.15) is 22.8 Å². The highest BCUT2D eigenvalue weighted by molar-refractivity contribution is 6.00. The molecule has 1 aromatic heterocycles. The van der Waals surface area contributed by atoms with Crippen LogP contribution in [0.5, 0.6) is 0 Å². The lowest BCUT2D eigenvalue weighted by molar-refractivity contribution is 0.0951. The fraction of sp³-hybridized carbons (Fsp3) is 0.368. The van der Waals surface area contributed by atoms with Gasteiger partial charge in [0.1, 0.15) is 5.82 Å². The molecule has 1 N–H and O–H groups in total. The smallest absolute Gasteiger partial charge is 0.255 e. The van der Waals surface area contributed by atoms with Gasteiger partial charge in [0.15, 0.2) is 0 Å². The van der Waals surface area contributed by atoms with Crippen molar-refractivity contribution >= 4 is 17.4 Å². The van der Waals surface area contributed by atoms with Crippen LogP contribution in [0, 0.1) is 0 Å². The molecule has 0 saturated carbocycles. The number of amides is 1. The predicted octanol–water partition coefficient (Wildman–Crippen LogP) is 2.46. The molecule has 1 aliphatic rings. The standard InChI is InChI=1S/C19H24N4O/c1-14-13-15-7-4-5-9-17(15)23(14)18-16(8-6-10-20-18)19(24)21-11-12-22(2)3/h4-10,14H,11-13H2,1-3H3,(H,21,24). The maximum absolute atomic E-state index is 12.6. The van der Waals surface area contributed by atoms with Gasteiger partial charge < -0.3 is 15.1 Å². The number of rotatable bonds is 5. The van der Waals surface area contributed by atoms with E-state index in [4.69, 9.17) is 0 Å². The molecule has 2 aromatic rings. The molecule has 0 radical (unpaired) electrons. The predicted molar refractivity (Wildman–Crippen MR) is 96.9 cm³/mol. The fourth-order valence-corrected chi connectivity index (χ4v) is 3.14. The van der Waals surface area contributed by atoms with Gasteiger partial charge in [0.05, 0.1) is 5.56 Å². The van der Waals surface area contributed by atoms with Crippen LogP contribution in [0.15, 0.2) is 42.6 Å². The topological polar surface area (TPSA) is 48.5 Å². The van der Waals surface area contributed by atoms with Crippen LogP contribution in [0.4, 0.5) is 11.5 Å². The number of pyridine rings is 1. The molecule has 1 amide bonds. The number of benzene rings is 1. The zero-order chi connectivity index (χ0) is 17.1. The number of carbonyl (C=O) groups is 1. The minimum Gasteiger partial charge on any atom is -0.351 e. The Morgan fingerprint density at radius 1 is 1.29 bits per heavy atom. The SMILES string of the molecule is CC1Cc2ccccc2N1c1ncccc1C(=O)NCCN(C)C. The first kappa shape index (κ1) is 16.5. The molecule has 0 bridgehead atoms. The third-order valence-corrected chi connectivity index (χ3v) is 4.31. The van der Waals surface area contributed by atoms with Crippen molar-refractivity contribution < 1.29 is 4.79 Å². The van der Waals surface area contributed by atoms with Crippen LogP contribution in [0.25, 0.3) is 0 Å². The van der Waals surface area contributed by atoms with E-state index in [0.29, 0.717) is 12.1 Å². The zero-order valence-corrected chi connectivity index (χ0v) is 14.5. The number of hydrogen-bond donors (Lipinski definition) is 1. The van der Waals surface area contributed by atoms with Crippen LogP contribution in [-0.4, -0.2) is 49.0 Å². The van der Waals surface area contributed by atoms with Crippen LogP contribution < -0.4 is 10.2 Å². The molecule has 2 heterocycles. The molecule has 24 heavy (non-hydrogen) atoms. The van der Waals surface area contributed by atoms with Crippen molar-refractivity contribution in [3.8, 4) is 0 Å². The first-order chi connectivity index (χ1) is 11.6. The lowest BCUT2D eigenvalue weighted by atomic mass is 10.1. The van der Waals surface area contributed by atoms with E-state index in [9.17, 15) is 4.79 Å². The van der Waals surface area contributed by atoms with E-state index in [2.05, 4.69) is 40.3 Å². The monoisotopic (exact) mass is 324 g/mol. The molecule has 1 aromatic carbocycles. The maximum atomic E-state index is 12.6. The summed E-state index contributed by atoms with van der Waals surface area (Å²) in [6.45, 7) is 3.60. The van der Waals surface area contributed by atoms with E-state index >= 15 is 0 Å². The minimum atomic E-state index is -0.0727. The van der Waals surface area contributed by atoms with Gasteiger partial charge >= 0.3 is 0 Å². The third-order valence-electron chi connectivity index (χ3n) is 4.31. The zero-order valence-electron chi connectivity index (χ0n) is 14.5. The molecule has 1 atom stereocenters. The van der Waals surface area contributed by atoms with Gasteiger partial charge in [0.25, 0.3) is 5.91 Å². The molecule has 3 rings (SSSR count). The lowest BCUT2D eigenvalue weighted by Crippen LogP contribution is -2.33. The summed E-state index contributed by atoms with van der Waals surface area (Å²) in [5.41, 5.74) is 3.07. The molecule has 0 fully saturated rings. The highest BCUT2D eigenvalue weighted by Gasteiger charge is 2.30. The van der Waals surface area contributed by atoms with Crippen molar-refractivity contribution in [3.05, 3.63) is 53.7 Å². The summed E-state index contributed by atoms with van der Waals surface area (Å²) in [5, 5.41) is 2.99. The first-order valence-corrected chi connectivity index (χ1v) is 8.33. The molecule has 0 saturated heterocycles. The molecule has 1 aliphatic heterocycles. The van der Waals surface area contributed by atoms with Gasteiger partial charge in [-0.25, -0.2) is 4.98 Å². The number of aromatic nitrogens is 1. The van der Waals surface area contributed by atoms with Crippen molar-refractivity contribution in [2.24, 2.45) is 0 Å². The van der Waals surface area contributed by atoms with Gasteiger partial charge in [0, 0.05) is 31.0 Å². The summed E-state index contributed by atoms with van der Waals surface area (Å²) >= 11 is 0. The van der Waals surface area contributed by atoms with E-state index in [1.807, 2.05) is 37.2 Å². The number of carbonyl (C=O) groups excluding carboxylic acids is 1. The van der Waals surface area contributed by atoms with E-state index in [-0.39, 0.29) is 11.9 Å². The summed E-state index contributed by atoms with van der Waals surface area (Å²) in [4.78, 5) is 21.4. The average molecular weight is 324 g/mol. The molecule has 1 unspecified atom stereocenters.